The van der Waals surface area contributed by atoms with Gasteiger partial charge in [-0.1, -0.05) is 316 Å². The highest BCUT2D eigenvalue weighted by atomic mass is 32.1. The average molecular weight is 1300 g/mol. The van der Waals surface area contributed by atoms with Crippen molar-refractivity contribution in [2.75, 3.05) is 0 Å². The van der Waals surface area contributed by atoms with Crippen molar-refractivity contribution in [3.63, 3.8) is 0 Å². The lowest BCUT2D eigenvalue weighted by atomic mass is 9.55. The summed E-state index contributed by atoms with van der Waals surface area (Å²) in [6.07, 6.45) is 0. The Balaban J connectivity index is 0.000000147. The van der Waals surface area contributed by atoms with E-state index in [2.05, 4.69) is 213 Å². The van der Waals surface area contributed by atoms with Gasteiger partial charge in [-0.3, -0.25) is 0 Å². The van der Waals surface area contributed by atoms with Gasteiger partial charge in [0.1, 0.15) is 0 Å². The maximum absolute atomic E-state index is 5.01. The summed E-state index contributed by atoms with van der Waals surface area (Å²) < 4.78 is 5.30. The van der Waals surface area contributed by atoms with Gasteiger partial charge < -0.3 is 0 Å². The fraction of sp³-hybridized carbons (Fsp3) is 0.133. The summed E-state index contributed by atoms with van der Waals surface area (Å²) in [5, 5.41) is 5.44. The molecule has 0 unspecified atom stereocenters. The third-order valence-electron chi connectivity index (χ3n) is 21.8. The van der Waals surface area contributed by atoms with Crippen LogP contribution >= 0.6 is 22.7 Å². The largest absolute Gasteiger partial charge is 0.208 e. The second-order valence-electron chi connectivity index (χ2n) is 28.1. The van der Waals surface area contributed by atoms with E-state index in [1.54, 1.807) is 0 Å². The van der Waals surface area contributed by atoms with E-state index < -0.39 is 0 Å². The first kappa shape index (κ1) is 60.7. The third kappa shape index (κ3) is 9.86. The molecule has 2 aliphatic rings. The van der Waals surface area contributed by atoms with Crippen LogP contribution in [0.25, 0.3) is 153 Å². The van der Waals surface area contributed by atoms with Crippen molar-refractivity contribution in [1.29, 1.82) is 0 Å². The van der Waals surface area contributed by atoms with Crippen molar-refractivity contribution < 1.29 is 0 Å². The van der Waals surface area contributed by atoms with E-state index >= 15 is 0 Å². The molecule has 12 aromatic carbocycles. The molecule has 0 aliphatic heterocycles. The van der Waals surface area contributed by atoms with E-state index in [1.165, 1.54) is 102 Å². The molecule has 4 aromatic heterocycles. The van der Waals surface area contributed by atoms with Gasteiger partial charge >= 0.3 is 0 Å². The van der Waals surface area contributed by atoms with Gasteiger partial charge in [-0.15, -0.1) is 22.7 Å². The maximum atomic E-state index is 5.01. The average Bonchev–Trinajstić information content (AvgIpc) is 1.33. The van der Waals surface area contributed by atoms with Crippen molar-refractivity contribution in [2.24, 2.45) is 0 Å². The molecule has 2 aliphatic carbocycles. The number of hydrogen-bond acceptors (Lipinski definition) is 8. The Labute approximate surface area is 580 Å². The van der Waals surface area contributed by atoms with E-state index in [4.69, 9.17) is 29.9 Å². The summed E-state index contributed by atoms with van der Waals surface area (Å²) in [5.41, 5.74) is 21.6. The van der Waals surface area contributed by atoms with Crippen molar-refractivity contribution in [2.45, 2.75) is 77.0 Å². The molecule has 4 heterocycles. The van der Waals surface area contributed by atoms with Crippen LogP contribution in [0.5, 0.6) is 0 Å². The summed E-state index contributed by atoms with van der Waals surface area (Å²) in [6.45, 7) is 19.4. The maximum Gasteiger partial charge on any atom is 0.164 e. The first-order valence-corrected chi connectivity index (χ1v) is 35.4. The van der Waals surface area contributed by atoms with Crippen LogP contribution in [0.4, 0.5) is 0 Å². The van der Waals surface area contributed by atoms with Crippen LogP contribution in [0, 0.1) is 0 Å². The van der Waals surface area contributed by atoms with Crippen LogP contribution in [0.2, 0.25) is 0 Å². The molecular formula is C90H70N6S2. The summed E-state index contributed by atoms with van der Waals surface area (Å²) >= 11 is 3.80. The Morgan fingerprint density at radius 1 is 0.224 bits per heavy atom. The molecule has 0 saturated heterocycles. The van der Waals surface area contributed by atoms with E-state index in [9.17, 15) is 0 Å². The molecule has 0 fully saturated rings. The highest BCUT2D eigenvalue weighted by molar-refractivity contribution is 7.26. The van der Waals surface area contributed by atoms with Crippen LogP contribution in [0.3, 0.4) is 0 Å². The number of nitrogens with zero attached hydrogens (tertiary/aromatic N) is 6. The van der Waals surface area contributed by atoms with Crippen LogP contribution in [-0.4, -0.2) is 29.9 Å². The molecule has 0 saturated carbocycles. The van der Waals surface area contributed by atoms with E-state index in [1.807, 2.05) is 144 Å². The zero-order valence-electron chi connectivity index (χ0n) is 56.1. The monoisotopic (exact) mass is 1300 g/mol. The SMILES string of the molecule is CC1(C)c2ccccc2-c2ccc3sc4c(-c5ccc(-c6nc(-c7ccccc7)nc(-c7ccccc7)n6)cc5)cccc4c3c2C1(C)C.CC1(C)c2ccccc2-c2ccc3sc4c(-c5cccc(-c6nc(-c7ccccc7)nc(-c7ccccc7)n6)c5)cccc4c3c2C1(C)C. The number of hydrogen-bond donors (Lipinski definition) is 0. The topological polar surface area (TPSA) is 77.3 Å². The predicted octanol–water partition coefficient (Wildman–Crippen LogP) is 24.3. The van der Waals surface area contributed by atoms with Crippen molar-refractivity contribution >= 4 is 63.0 Å². The molecule has 16 aromatic rings. The molecule has 0 spiro atoms. The van der Waals surface area contributed by atoms with Gasteiger partial charge in [0.05, 0.1) is 0 Å². The van der Waals surface area contributed by atoms with Gasteiger partial charge in [-0.2, -0.15) is 0 Å². The molecular weight excluding hydrogens is 1230 g/mol. The van der Waals surface area contributed by atoms with Crippen LogP contribution < -0.4 is 0 Å². The van der Waals surface area contributed by atoms with Crippen molar-refractivity contribution in [3.05, 3.63) is 301 Å². The number of benzene rings is 12. The highest BCUT2D eigenvalue weighted by Gasteiger charge is 2.48. The molecule has 6 nitrogen and oxygen atoms in total. The summed E-state index contributed by atoms with van der Waals surface area (Å²) in [5.74, 6) is 3.99. The van der Waals surface area contributed by atoms with E-state index in [0.717, 1.165) is 38.9 Å². The molecule has 0 radical (unpaired) electrons. The molecule has 0 atom stereocenters. The van der Waals surface area contributed by atoms with E-state index in [-0.39, 0.29) is 21.7 Å². The standard InChI is InChI=1S/2C45H35N3S/c1-44(2)36-24-12-11-21-33(36)34-25-26-37-38(39(34)45(44,3)4)35-23-14-22-32(40(35)49-37)30-19-13-20-31(27-30)43-47-41(28-15-7-5-8-16-28)46-42(48-43)29-17-9-6-10-18-29;1-44(2)36-21-12-11-18-33(36)34-26-27-37-38(39(34)45(44,3)4)35-20-13-19-32(40(35)49-37)28-22-24-31(25-23-28)43-47-41(29-14-7-5-8-15-29)46-42(48-43)30-16-9-6-10-17-30/h2*5-27H,1-4H3. The summed E-state index contributed by atoms with van der Waals surface area (Å²) in [7, 11) is 0. The molecule has 472 valence electrons. The van der Waals surface area contributed by atoms with Gasteiger partial charge in [-0.25, -0.2) is 29.9 Å². The molecule has 18 rings (SSSR count). The zero-order chi connectivity index (χ0) is 66.7. The quantitative estimate of drug-likeness (QED) is 0.151. The minimum atomic E-state index is -0.0777. The number of rotatable bonds is 8. The second-order valence-corrected chi connectivity index (χ2v) is 30.2. The van der Waals surface area contributed by atoms with Gasteiger partial charge in [0, 0.05) is 84.6 Å². The fourth-order valence-corrected chi connectivity index (χ4v) is 17.8. The summed E-state index contributed by atoms with van der Waals surface area (Å²) in [4.78, 5) is 29.7. The lowest BCUT2D eigenvalue weighted by Crippen LogP contribution is -2.43. The van der Waals surface area contributed by atoms with Crippen LogP contribution in [0.1, 0.15) is 77.6 Å². The molecule has 0 N–H and O–H groups in total. The van der Waals surface area contributed by atoms with Gasteiger partial charge in [0.15, 0.2) is 34.9 Å². The smallest absolute Gasteiger partial charge is 0.164 e. The van der Waals surface area contributed by atoms with Crippen LogP contribution in [-0.2, 0) is 21.7 Å². The normalized spacial score (nSPS) is 14.4. The number of aromatic nitrogens is 6. The van der Waals surface area contributed by atoms with E-state index in [0.29, 0.717) is 34.9 Å². The molecule has 0 bridgehead atoms. The Morgan fingerprint density at radius 2 is 0.520 bits per heavy atom. The number of thiophene rings is 2. The Hall–Kier alpha value is -10.9. The van der Waals surface area contributed by atoms with Gasteiger partial charge in [0.2, 0.25) is 0 Å². The van der Waals surface area contributed by atoms with Gasteiger partial charge in [0.25, 0.3) is 0 Å². The predicted molar refractivity (Wildman–Crippen MR) is 412 cm³/mol. The fourth-order valence-electron chi connectivity index (χ4n) is 15.3. The second kappa shape index (κ2) is 23.4. The highest BCUT2D eigenvalue weighted by Crippen LogP contribution is 2.60. The first-order valence-electron chi connectivity index (χ1n) is 33.7. The van der Waals surface area contributed by atoms with Crippen molar-refractivity contribution in [1.82, 2.24) is 29.9 Å². The first-order chi connectivity index (χ1) is 47.6. The van der Waals surface area contributed by atoms with Gasteiger partial charge in [-0.05, 0) is 95.8 Å². The Bertz CT molecular complexity index is 5680. The minimum Gasteiger partial charge on any atom is -0.208 e. The third-order valence-corrected chi connectivity index (χ3v) is 24.2. The molecule has 98 heavy (non-hydrogen) atoms. The minimum absolute atomic E-state index is 0.0254. The summed E-state index contributed by atoms with van der Waals surface area (Å²) in [6, 6.07) is 98.8. The Morgan fingerprint density at radius 3 is 0.918 bits per heavy atom. The molecule has 0 amide bonds. The Kier molecular flexibility index (Phi) is 14.5. The zero-order valence-corrected chi connectivity index (χ0v) is 57.7. The number of fused-ring (bicyclic) bond motifs is 14. The lowest BCUT2D eigenvalue weighted by molar-refractivity contribution is 0.301. The van der Waals surface area contributed by atoms with Crippen molar-refractivity contribution in [3.8, 4) is 113 Å². The van der Waals surface area contributed by atoms with Crippen LogP contribution in [0.15, 0.2) is 279 Å². The lowest BCUT2D eigenvalue weighted by Gasteiger charge is -2.48. The molecule has 8 heteroatoms.